The normalized spacial score (nSPS) is 33.7. The van der Waals surface area contributed by atoms with Crippen LogP contribution in [0.3, 0.4) is 0 Å². The standard InChI is InChI=1S/C14H21FN2O/c1-14(16)7-12(15)9-17(10-14)8-11-3-5-13(18-2)6-4-11/h3-6,12H,7-10,16H2,1-2H3/i9D2. The van der Waals surface area contributed by atoms with Crippen LogP contribution in [0.4, 0.5) is 4.39 Å². The third-order valence-corrected chi connectivity index (χ3v) is 3.05. The van der Waals surface area contributed by atoms with Crippen LogP contribution in [0, 0.1) is 0 Å². The van der Waals surface area contributed by atoms with E-state index < -0.39 is 18.2 Å². The highest BCUT2D eigenvalue weighted by Crippen LogP contribution is 2.22. The van der Waals surface area contributed by atoms with Gasteiger partial charge in [-0.05, 0) is 31.0 Å². The summed E-state index contributed by atoms with van der Waals surface area (Å²) < 4.78 is 35.0. The van der Waals surface area contributed by atoms with Gasteiger partial charge in [0.05, 0.1) is 7.11 Å². The molecule has 1 fully saturated rings. The zero-order chi connectivity index (χ0) is 15.0. The van der Waals surface area contributed by atoms with Gasteiger partial charge in [-0.25, -0.2) is 4.39 Å². The van der Waals surface area contributed by atoms with E-state index in [9.17, 15) is 4.39 Å². The van der Waals surface area contributed by atoms with Gasteiger partial charge in [-0.2, -0.15) is 0 Å². The molecule has 0 spiro atoms. The van der Waals surface area contributed by atoms with Gasteiger partial charge in [0.15, 0.2) is 0 Å². The second kappa shape index (κ2) is 5.24. The van der Waals surface area contributed by atoms with Crippen molar-refractivity contribution in [2.45, 2.75) is 31.6 Å². The molecule has 0 aromatic heterocycles. The number of rotatable bonds is 3. The Morgan fingerprint density at radius 2 is 2.22 bits per heavy atom. The van der Waals surface area contributed by atoms with E-state index in [4.69, 9.17) is 13.2 Å². The predicted octanol–water partition coefficient (Wildman–Crippen LogP) is 1.96. The van der Waals surface area contributed by atoms with Crippen LogP contribution in [-0.2, 0) is 6.54 Å². The van der Waals surface area contributed by atoms with Gasteiger partial charge in [-0.3, -0.25) is 4.90 Å². The van der Waals surface area contributed by atoms with Crippen LogP contribution in [-0.4, -0.2) is 36.8 Å². The highest BCUT2D eigenvalue weighted by Gasteiger charge is 2.32. The Balaban J connectivity index is 2.16. The van der Waals surface area contributed by atoms with Crippen molar-refractivity contribution in [3.63, 3.8) is 0 Å². The highest BCUT2D eigenvalue weighted by atomic mass is 19.1. The molecule has 18 heavy (non-hydrogen) atoms. The maximum Gasteiger partial charge on any atom is 0.118 e. The Hall–Kier alpha value is -1.13. The van der Waals surface area contributed by atoms with E-state index in [1.807, 2.05) is 24.3 Å². The summed E-state index contributed by atoms with van der Waals surface area (Å²) in [7, 11) is 1.59. The first kappa shape index (κ1) is 10.8. The third-order valence-electron chi connectivity index (χ3n) is 3.05. The lowest BCUT2D eigenvalue weighted by Crippen LogP contribution is -2.55. The first-order valence-electron chi connectivity index (χ1n) is 7.05. The minimum atomic E-state index is -1.99. The Morgan fingerprint density at radius 1 is 1.56 bits per heavy atom. The minimum absolute atomic E-state index is 0.0408. The molecule has 4 heteroatoms. The van der Waals surface area contributed by atoms with Crippen LogP contribution in [0.2, 0.25) is 0 Å². The molecule has 1 saturated heterocycles. The van der Waals surface area contributed by atoms with E-state index in [1.54, 1.807) is 14.0 Å². The smallest absolute Gasteiger partial charge is 0.118 e. The molecule has 0 saturated carbocycles. The Kier molecular flexibility index (Phi) is 3.13. The number of nitrogens with two attached hydrogens (primary N) is 1. The summed E-state index contributed by atoms with van der Waals surface area (Å²) in [5.41, 5.74) is 6.20. The number of halogens is 1. The summed E-state index contributed by atoms with van der Waals surface area (Å²) in [6.45, 7) is 0.422. The minimum Gasteiger partial charge on any atom is -0.497 e. The van der Waals surface area contributed by atoms with Crippen LogP contribution in [0.25, 0.3) is 0 Å². The van der Waals surface area contributed by atoms with Crippen molar-refractivity contribution >= 4 is 0 Å². The summed E-state index contributed by atoms with van der Waals surface area (Å²) in [6.07, 6.45) is -1.54. The lowest BCUT2D eigenvalue weighted by molar-refractivity contribution is 0.0810. The number of hydrogen-bond donors (Lipinski definition) is 1. The van der Waals surface area contributed by atoms with E-state index in [0.717, 1.165) is 11.3 Å². The quantitative estimate of drug-likeness (QED) is 0.896. The van der Waals surface area contributed by atoms with Gasteiger partial charge in [0.1, 0.15) is 11.9 Å². The molecule has 0 radical (unpaired) electrons. The summed E-state index contributed by atoms with van der Waals surface area (Å²) in [5.74, 6) is 0.738. The number of benzene rings is 1. The zero-order valence-corrected chi connectivity index (χ0v) is 10.8. The lowest BCUT2D eigenvalue weighted by Gasteiger charge is -2.39. The lowest BCUT2D eigenvalue weighted by atomic mass is 9.91. The van der Waals surface area contributed by atoms with Gasteiger partial charge in [0, 0.05) is 27.9 Å². The van der Waals surface area contributed by atoms with Gasteiger partial charge < -0.3 is 10.5 Å². The first-order valence-corrected chi connectivity index (χ1v) is 6.05. The third kappa shape index (κ3) is 3.43. The van der Waals surface area contributed by atoms with Gasteiger partial charge in [0.2, 0.25) is 0 Å². The molecule has 1 aliphatic rings. The molecule has 2 unspecified atom stereocenters. The molecule has 1 aromatic rings. The van der Waals surface area contributed by atoms with Crippen LogP contribution in [0.5, 0.6) is 5.75 Å². The Morgan fingerprint density at radius 3 is 2.83 bits per heavy atom. The average Bonchev–Trinajstić information content (AvgIpc) is 2.36. The van der Waals surface area contributed by atoms with Gasteiger partial charge >= 0.3 is 0 Å². The largest absolute Gasteiger partial charge is 0.497 e. The molecule has 1 aliphatic heterocycles. The van der Waals surface area contributed by atoms with Crippen LogP contribution in [0.1, 0.15) is 21.6 Å². The van der Waals surface area contributed by atoms with Crippen molar-refractivity contribution in [1.29, 1.82) is 0 Å². The van der Waals surface area contributed by atoms with Crippen molar-refractivity contribution in [2.24, 2.45) is 5.73 Å². The number of likely N-dealkylation sites (tertiary alicyclic amines) is 1. The predicted molar refractivity (Wildman–Crippen MR) is 70.4 cm³/mol. The molecule has 2 N–H and O–H groups in total. The molecule has 0 bridgehead atoms. The van der Waals surface area contributed by atoms with Gasteiger partial charge in [-0.1, -0.05) is 12.1 Å². The molecular weight excluding hydrogens is 231 g/mol. The first-order chi connectivity index (χ1) is 9.24. The van der Waals surface area contributed by atoms with E-state index in [2.05, 4.69) is 0 Å². The zero-order valence-electron chi connectivity index (χ0n) is 12.8. The number of alkyl halides is 1. The van der Waals surface area contributed by atoms with Crippen molar-refractivity contribution in [3.8, 4) is 5.75 Å². The topological polar surface area (TPSA) is 38.5 Å². The van der Waals surface area contributed by atoms with Crippen molar-refractivity contribution in [2.75, 3.05) is 20.2 Å². The molecule has 2 rings (SSSR count). The van der Waals surface area contributed by atoms with Crippen LogP contribution < -0.4 is 10.5 Å². The van der Waals surface area contributed by atoms with Crippen molar-refractivity contribution in [1.82, 2.24) is 4.90 Å². The SMILES string of the molecule is [2H]C1([2H])C(F)CC(C)(N)CN1Cc1ccc(OC)cc1. The van der Waals surface area contributed by atoms with E-state index >= 15 is 0 Å². The number of hydrogen-bond acceptors (Lipinski definition) is 3. The fourth-order valence-corrected chi connectivity index (χ4v) is 2.25. The maximum atomic E-state index is 14.0. The molecule has 1 heterocycles. The van der Waals surface area contributed by atoms with E-state index in [0.29, 0.717) is 13.1 Å². The molecule has 100 valence electrons. The number of methoxy groups -OCH3 is 1. The maximum absolute atomic E-state index is 14.0. The molecular formula is C14H21FN2O. The van der Waals surface area contributed by atoms with Gasteiger partial charge in [-0.15, -0.1) is 0 Å². The van der Waals surface area contributed by atoms with Crippen molar-refractivity contribution < 1.29 is 11.9 Å². The number of piperidine rings is 1. The second-order valence-corrected chi connectivity index (χ2v) is 5.16. The molecule has 3 nitrogen and oxygen atoms in total. The summed E-state index contributed by atoms with van der Waals surface area (Å²) in [6, 6.07) is 7.32. The fourth-order valence-electron chi connectivity index (χ4n) is 2.25. The van der Waals surface area contributed by atoms with Crippen LogP contribution >= 0.6 is 0 Å². The number of ether oxygens (including phenoxy) is 1. The summed E-state index contributed by atoms with van der Waals surface area (Å²) in [4.78, 5) is 1.48. The monoisotopic (exact) mass is 254 g/mol. The second-order valence-electron chi connectivity index (χ2n) is 5.16. The molecule has 0 aliphatic carbocycles. The summed E-state index contributed by atoms with van der Waals surface area (Å²) in [5, 5.41) is 0. The fraction of sp³-hybridized carbons (Fsp3) is 0.571. The van der Waals surface area contributed by atoms with Gasteiger partial charge in [0.25, 0.3) is 0 Å². The van der Waals surface area contributed by atoms with E-state index in [1.165, 1.54) is 4.90 Å². The molecule has 2 atom stereocenters. The van der Waals surface area contributed by atoms with Crippen molar-refractivity contribution in [3.05, 3.63) is 29.8 Å². The molecule has 1 aromatic carbocycles. The molecule has 0 amide bonds. The Labute approximate surface area is 111 Å². The highest BCUT2D eigenvalue weighted by molar-refractivity contribution is 5.27. The Bertz CT molecular complexity index is 465. The van der Waals surface area contributed by atoms with Crippen LogP contribution in [0.15, 0.2) is 24.3 Å². The average molecular weight is 254 g/mol. The number of nitrogens with zero attached hydrogens (tertiary/aromatic N) is 1. The summed E-state index contributed by atoms with van der Waals surface area (Å²) >= 11 is 0. The van der Waals surface area contributed by atoms with E-state index in [-0.39, 0.29) is 6.42 Å².